The van der Waals surface area contributed by atoms with E-state index in [1.807, 2.05) is 24.3 Å². The molecule has 0 N–H and O–H groups in total. The second kappa shape index (κ2) is 7.23. The summed E-state index contributed by atoms with van der Waals surface area (Å²) in [6, 6.07) is 22.9. The predicted octanol–water partition coefficient (Wildman–Crippen LogP) is 6.01. The molecular weight excluding hydrogens is 428 g/mol. The molecule has 0 spiro atoms. The number of benzene rings is 3. The van der Waals surface area contributed by atoms with Crippen LogP contribution in [0.1, 0.15) is 40.9 Å². The fraction of sp³-hybridized carbons (Fsp3) is 0.208. The summed E-state index contributed by atoms with van der Waals surface area (Å²) in [5, 5.41) is 7.12. The average Bonchev–Trinajstić information content (AvgIpc) is 3.20. The average molecular weight is 449 g/mol. The molecule has 4 nitrogen and oxygen atoms in total. The van der Waals surface area contributed by atoms with E-state index in [0.717, 1.165) is 44.8 Å². The number of ether oxygens (including phenoxy) is 2. The summed E-state index contributed by atoms with van der Waals surface area (Å²) in [4.78, 5) is 0. The molecule has 3 aromatic carbocycles. The summed E-state index contributed by atoms with van der Waals surface area (Å²) in [7, 11) is 1.68. The van der Waals surface area contributed by atoms with Crippen molar-refractivity contribution in [2.45, 2.75) is 25.6 Å². The van der Waals surface area contributed by atoms with Crippen molar-refractivity contribution >= 4 is 21.6 Å². The second-order valence-corrected chi connectivity index (χ2v) is 8.35. The van der Waals surface area contributed by atoms with Gasteiger partial charge in [0, 0.05) is 22.0 Å². The molecule has 2 aliphatic heterocycles. The molecule has 2 aliphatic rings. The summed E-state index contributed by atoms with van der Waals surface area (Å²) in [5.41, 5.74) is 5.67. The van der Waals surface area contributed by atoms with E-state index in [-0.39, 0.29) is 12.3 Å². The first-order chi connectivity index (χ1) is 14.1. The number of fused-ring (bicyclic) bond motifs is 3. The van der Waals surface area contributed by atoms with E-state index in [1.54, 1.807) is 7.11 Å². The van der Waals surface area contributed by atoms with Gasteiger partial charge in [0.2, 0.25) is 6.23 Å². The zero-order valence-electron chi connectivity index (χ0n) is 16.3. The maximum absolute atomic E-state index is 6.43. The Morgan fingerprint density at radius 1 is 1.03 bits per heavy atom. The molecule has 0 radical (unpaired) electrons. The summed E-state index contributed by atoms with van der Waals surface area (Å²) in [5.74, 6) is 1.77. The number of nitrogens with zero attached hydrogens (tertiary/aromatic N) is 2. The molecular formula is C24H21BrN2O2. The van der Waals surface area contributed by atoms with E-state index in [9.17, 15) is 0 Å². The summed E-state index contributed by atoms with van der Waals surface area (Å²) >= 11 is 3.61. The van der Waals surface area contributed by atoms with Gasteiger partial charge in [-0.15, -0.1) is 0 Å². The number of hydrogen-bond donors (Lipinski definition) is 0. The molecule has 2 heterocycles. The number of hydrogen-bond acceptors (Lipinski definition) is 4. The van der Waals surface area contributed by atoms with Gasteiger partial charge in [0.25, 0.3) is 0 Å². The van der Waals surface area contributed by atoms with Crippen molar-refractivity contribution in [2.75, 3.05) is 7.11 Å². The van der Waals surface area contributed by atoms with Crippen molar-refractivity contribution in [1.82, 2.24) is 5.01 Å². The van der Waals surface area contributed by atoms with Crippen molar-refractivity contribution < 1.29 is 9.47 Å². The monoisotopic (exact) mass is 448 g/mol. The Labute approximate surface area is 178 Å². The lowest BCUT2D eigenvalue weighted by Gasteiger charge is -2.38. The van der Waals surface area contributed by atoms with E-state index in [0.29, 0.717) is 0 Å². The zero-order chi connectivity index (χ0) is 20.0. The molecule has 0 aromatic heterocycles. The Kier molecular flexibility index (Phi) is 4.55. The summed E-state index contributed by atoms with van der Waals surface area (Å²) in [6.07, 6.45) is 0.589. The number of rotatable bonds is 3. The Hall–Kier alpha value is -2.79. The zero-order valence-corrected chi connectivity index (χ0v) is 17.9. The van der Waals surface area contributed by atoms with Gasteiger partial charge in [-0.25, -0.2) is 5.01 Å². The highest BCUT2D eigenvalue weighted by Gasteiger charge is 2.41. The van der Waals surface area contributed by atoms with E-state index in [4.69, 9.17) is 14.6 Å². The van der Waals surface area contributed by atoms with Crippen molar-refractivity contribution in [1.29, 1.82) is 0 Å². The van der Waals surface area contributed by atoms with Gasteiger partial charge >= 0.3 is 0 Å². The quantitative estimate of drug-likeness (QED) is 0.491. The van der Waals surface area contributed by atoms with Crippen LogP contribution in [0.3, 0.4) is 0 Å². The molecule has 146 valence electrons. The number of aryl methyl sites for hydroxylation is 1. The van der Waals surface area contributed by atoms with Crippen LogP contribution in [0.5, 0.6) is 11.5 Å². The fourth-order valence-corrected chi connectivity index (χ4v) is 4.35. The third-order valence-corrected chi connectivity index (χ3v) is 6.03. The molecule has 0 aliphatic carbocycles. The topological polar surface area (TPSA) is 34.1 Å². The van der Waals surface area contributed by atoms with Crippen LogP contribution in [0.25, 0.3) is 0 Å². The van der Waals surface area contributed by atoms with Gasteiger partial charge in [0.15, 0.2) is 0 Å². The van der Waals surface area contributed by atoms with Crippen LogP contribution >= 0.6 is 15.9 Å². The highest BCUT2D eigenvalue weighted by molar-refractivity contribution is 9.10. The van der Waals surface area contributed by atoms with E-state index in [2.05, 4.69) is 70.3 Å². The predicted molar refractivity (Wildman–Crippen MR) is 117 cm³/mol. The second-order valence-electron chi connectivity index (χ2n) is 7.44. The van der Waals surface area contributed by atoms with Crippen LogP contribution in [-0.4, -0.2) is 17.8 Å². The van der Waals surface area contributed by atoms with Crippen LogP contribution < -0.4 is 9.47 Å². The van der Waals surface area contributed by atoms with Crippen LogP contribution in [0, 0.1) is 6.92 Å². The maximum Gasteiger partial charge on any atom is 0.213 e. The first-order valence-electron chi connectivity index (χ1n) is 9.65. The van der Waals surface area contributed by atoms with Gasteiger partial charge in [-0.1, -0.05) is 45.8 Å². The third-order valence-electron chi connectivity index (χ3n) is 5.54. The van der Waals surface area contributed by atoms with E-state index < -0.39 is 0 Å². The molecule has 5 heteroatoms. The molecule has 0 amide bonds. The van der Waals surface area contributed by atoms with E-state index >= 15 is 0 Å². The van der Waals surface area contributed by atoms with Gasteiger partial charge in [-0.05, 0) is 55.0 Å². The van der Waals surface area contributed by atoms with Crippen LogP contribution in [0.15, 0.2) is 76.3 Å². The maximum atomic E-state index is 6.43. The van der Waals surface area contributed by atoms with Crippen LogP contribution in [0.4, 0.5) is 0 Å². The fourth-order valence-electron chi connectivity index (χ4n) is 3.97. The minimum absolute atomic E-state index is 0.139. The standard InChI is InChI=1S/C24H21BrN2O2/c1-15-3-5-17(6-4-15)24-27-22(20-13-18(25)9-12-23(20)29-24)14-21(26-27)16-7-10-19(28-2)11-8-16/h3-13,22,24H,14H2,1-2H3. The molecule has 2 atom stereocenters. The lowest BCUT2D eigenvalue weighted by molar-refractivity contribution is -0.0190. The lowest BCUT2D eigenvalue weighted by atomic mass is 9.96. The summed E-state index contributed by atoms with van der Waals surface area (Å²) < 4.78 is 12.8. The van der Waals surface area contributed by atoms with Crippen molar-refractivity contribution in [2.24, 2.45) is 5.10 Å². The Morgan fingerprint density at radius 3 is 2.52 bits per heavy atom. The smallest absolute Gasteiger partial charge is 0.213 e. The first-order valence-corrected chi connectivity index (χ1v) is 10.4. The lowest BCUT2D eigenvalue weighted by Crippen LogP contribution is -2.33. The van der Waals surface area contributed by atoms with Gasteiger partial charge in [0.1, 0.15) is 11.5 Å². The Morgan fingerprint density at radius 2 is 1.79 bits per heavy atom. The van der Waals surface area contributed by atoms with Crippen molar-refractivity contribution in [3.63, 3.8) is 0 Å². The highest BCUT2D eigenvalue weighted by Crippen LogP contribution is 2.48. The molecule has 0 fully saturated rings. The molecule has 2 unspecified atom stereocenters. The minimum atomic E-state index is -0.245. The first kappa shape index (κ1) is 18.3. The Balaban J connectivity index is 1.57. The summed E-state index contributed by atoms with van der Waals surface area (Å²) in [6.45, 7) is 2.09. The highest BCUT2D eigenvalue weighted by atomic mass is 79.9. The van der Waals surface area contributed by atoms with Gasteiger partial charge < -0.3 is 9.47 Å². The molecule has 29 heavy (non-hydrogen) atoms. The van der Waals surface area contributed by atoms with Gasteiger partial charge in [-0.2, -0.15) is 5.10 Å². The van der Waals surface area contributed by atoms with Crippen molar-refractivity contribution in [3.8, 4) is 11.5 Å². The van der Waals surface area contributed by atoms with Crippen molar-refractivity contribution in [3.05, 3.63) is 93.5 Å². The molecule has 0 saturated carbocycles. The SMILES string of the molecule is COc1ccc(C2=NN3C(C2)c2cc(Br)ccc2OC3c2ccc(C)cc2)cc1. The largest absolute Gasteiger partial charge is 0.497 e. The number of halogens is 1. The molecule has 0 bridgehead atoms. The van der Waals surface area contributed by atoms with Crippen LogP contribution in [-0.2, 0) is 0 Å². The molecule has 0 saturated heterocycles. The normalized spacial score (nSPS) is 19.8. The van der Waals surface area contributed by atoms with Gasteiger partial charge in [-0.3, -0.25) is 0 Å². The minimum Gasteiger partial charge on any atom is -0.497 e. The van der Waals surface area contributed by atoms with E-state index in [1.165, 1.54) is 5.56 Å². The number of hydrazone groups is 1. The molecule has 3 aromatic rings. The Bertz CT molecular complexity index is 1080. The number of methoxy groups -OCH3 is 1. The third kappa shape index (κ3) is 3.29. The van der Waals surface area contributed by atoms with Crippen LogP contribution in [0.2, 0.25) is 0 Å². The molecule has 5 rings (SSSR count). The van der Waals surface area contributed by atoms with Gasteiger partial charge in [0.05, 0.1) is 18.9 Å².